The maximum Gasteiger partial charge on any atom is 0.115 e. The molecule has 0 spiro atoms. The molecule has 0 aliphatic carbocycles. The van der Waals surface area contributed by atoms with Gasteiger partial charge in [0.2, 0.25) is 0 Å². The molecule has 0 aliphatic rings. The number of phenols is 2. The number of phenolic OH excluding ortho intramolecular Hbond substituents is 2. The van der Waals surface area contributed by atoms with Gasteiger partial charge in [-0.1, -0.05) is 50.2 Å². The lowest BCUT2D eigenvalue weighted by Crippen LogP contribution is -1.94. The molecule has 1 atom stereocenters. The van der Waals surface area contributed by atoms with Crippen LogP contribution >= 0.6 is 0 Å². The van der Waals surface area contributed by atoms with Crippen molar-refractivity contribution >= 4 is 0 Å². The van der Waals surface area contributed by atoms with Gasteiger partial charge in [0.05, 0.1) is 0 Å². The summed E-state index contributed by atoms with van der Waals surface area (Å²) < 4.78 is 0. The third-order valence-electron chi connectivity index (χ3n) is 4.54. The van der Waals surface area contributed by atoms with E-state index < -0.39 is 0 Å². The molecule has 2 nitrogen and oxygen atoms in total. The van der Waals surface area contributed by atoms with Gasteiger partial charge >= 0.3 is 0 Å². The van der Waals surface area contributed by atoms with Gasteiger partial charge in [-0.3, -0.25) is 0 Å². The Labute approximate surface area is 143 Å². The van der Waals surface area contributed by atoms with Crippen LogP contribution in [0, 0.1) is 0 Å². The fraction of sp³-hybridized carbons (Fsp3) is 0.182. The van der Waals surface area contributed by atoms with Gasteiger partial charge < -0.3 is 10.2 Å². The van der Waals surface area contributed by atoms with Crippen molar-refractivity contribution in [2.45, 2.75) is 26.2 Å². The van der Waals surface area contributed by atoms with Crippen LogP contribution in [0.1, 0.15) is 31.7 Å². The first-order valence-corrected chi connectivity index (χ1v) is 8.30. The zero-order valence-electron chi connectivity index (χ0n) is 14.0. The molecule has 2 heteroatoms. The van der Waals surface area contributed by atoms with Crippen molar-refractivity contribution in [3.05, 3.63) is 72.3 Å². The standard InChI is InChI=1S/C22H22O2/c1-3-15(2)18-12-19(16-4-8-21(23)9-5-16)14-20(13-18)17-6-10-22(24)11-7-17/h4-15,23-24H,3H2,1-2H3. The summed E-state index contributed by atoms with van der Waals surface area (Å²) in [4.78, 5) is 0. The molecule has 0 heterocycles. The molecular formula is C22H22O2. The largest absolute Gasteiger partial charge is 0.508 e. The lowest BCUT2D eigenvalue weighted by atomic mass is 9.90. The predicted molar refractivity (Wildman–Crippen MR) is 99.3 cm³/mol. The molecule has 1 unspecified atom stereocenters. The average Bonchev–Trinajstić information content (AvgIpc) is 2.62. The highest BCUT2D eigenvalue weighted by Gasteiger charge is 2.10. The van der Waals surface area contributed by atoms with Crippen LogP contribution in [0.4, 0.5) is 0 Å². The third kappa shape index (κ3) is 3.43. The van der Waals surface area contributed by atoms with E-state index >= 15 is 0 Å². The molecule has 0 saturated heterocycles. The second kappa shape index (κ2) is 6.79. The zero-order chi connectivity index (χ0) is 17.1. The monoisotopic (exact) mass is 318 g/mol. The molecule has 0 bridgehead atoms. The number of hydrogen-bond acceptors (Lipinski definition) is 2. The maximum atomic E-state index is 9.52. The molecule has 122 valence electrons. The van der Waals surface area contributed by atoms with Gasteiger partial charge in [-0.15, -0.1) is 0 Å². The van der Waals surface area contributed by atoms with Crippen LogP contribution in [0.3, 0.4) is 0 Å². The first kappa shape index (κ1) is 16.1. The Balaban J connectivity index is 2.13. The Morgan fingerprint density at radius 2 is 1.08 bits per heavy atom. The molecule has 0 amide bonds. The van der Waals surface area contributed by atoms with Crippen molar-refractivity contribution in [1.82, 2.24) is 0 Å². The lowest BCUT2D eigenvalue weighted by molar-refractivity contribution is 0.475. The molecule has 3 aromatic carbocycles. The highest BCUT2D eigenvalue weighted by Crippen LogP contribution is 2.33. The van der Waals surface area contributed by atoms with Crippen LogP contribution in [0.15, 0.2) is 66.7 Å². The maximum absolute atomic E-state index is 9.52. The summed E-state index contributed by atoms with van der Waals surface area (Å²) in [7, 11) is 0. The molecule has 2 N–H and O–H groups in total. The number of aromatic hydroxyl groups is 2. The van der Waals surface area contributed by atoms with Crippen LogP contribution in [0.2, 0.25) is 0 Å². The van der Waals surface area contributed by atoms with Gasteiger partial charge in [-0.2, -0.15) is 0 Å². The van der Waals surface area contributed by atoms with E-state index in [0.717, 1.165) is 28.7 Å². The van der Waals surface area contributed by atoms with Crippen LogP contribution in [-0.2, 0) is 0 Å². The first-order valence-electron chi connectivity index (χ1n) is 8.30. The van der Waals surface area contributed by atoms with Gasteiger partial charge in [-0.25, -0.2) is 0 Å². The van der Waals surface area contributed by atoms with Crippen molar-refractivity contribution in [3.63, 3.8) is 0 Å². The summed E-state index contributed by atoms with van der Waals surface area (Å²) in [5, 5.41) is 19.0. The quantitative estimate of drug-likeness (QED) is 0.624. The second-order valence-electron chi connectivity index (χ2n) is 6.25. The topological polar surface area (TPSA) is 40.5 Å². The normalized spacial score (nSPS) is 12.1. The van der Waals surface area contributed by atoms with E-state index in [0.29, 0.717) is 5.92 Å². The minimum Gasteiger partial charge on any atom is -0.508 e. The Hall–Kier alpha value is -2.74. The summed E-state index contributed by atoms with van der Waals surface area (Å²) in [6.45, 7) is 4.43. The van der Waals surface area contributed by atoms with Crippen molar-refractivity contribution < 1.29 is 10.2 Å². The van der Waals surface area contributed by atoms with Crippen molar-refractivity contribution in [2.75, 3.05) is 0 Å². The number of benzene rings is 3. The minimum absolute atomic E-state index is 0.274. The van der Waals surface area contributed by atoms with Gasteiger partial charge in [0, 0.05) is 0 Å². The molecule has 0 saturated carbocycles. The summed E-state index contributed by atoms with van der Waals surface area (Å²) >= 11 is 0. The Bertz CT molecular complexity index is 754. The number of hydrogen-bond donors (Lipinski definition) is 2. The van der Waals surface area contributed by atoms with Gasteiger partial charge in [0.25, 0.3) is 0 Å². The molecule has 0 radical (unpaired) electrons. The predicted octanol–water partition coefficient (Wildman–Crippen LogP) is 5.95. The number of rotatable bonds is 4. The van der Waals surface area contributed by atoms with E-state index in [4.69, 9.17) is 0 Å². The first-order chi connectivity index (χ1) is 11.6. The zero-order valence-corrected chi connectivity index (χ0v) is 14.0. The molecule has 0 aromatic heterocycles. The Morgan fingerprint density at radius 3 is 1.46 bits per heavy atom. The van der Waals surface area contributed by atoms with Gasteiger partial charge in [0.1, 0.15) is 11.5 Å². The van der Waals surface area contributed by atoms with Crippen LogP contribution < -0.4 is 0 Å². The Morgan fingerprint density at radius 1 is 0.667 bits per heavy atom. The fourth-order valence-corrected chi connectivity index (χ4v) is 2.81. The van der Waals surface area contributed by atoms with E-state index in [2.05, 4.69) is 32.0 Å². The molecular weight excluding hydrogens is 296 g/mol. The summed E-state index contributed by atoms with van der Waals surface area (Å²) in [6.07, 6.45) is 1.08. The average molecular weight is 318 g/mol. The van der Waals surface area contributed by atoms with Crippen LogP contribution in [0.5, 0.6) is 11.5 Å². The lowest BCUT2D eigenvalue weighted by Gasteiger charge is -2.15. The highest BCUT2D eigenvalue weighted by molar-refractivity contribution is 5.75. The van der Waals surface area contributed by atoms with Crippen LogP contribution in [-0.4, -0.2) is 10.2 Å². The summed E-state index contributed by atoms with van der Waals surface area (Å²) in [5.74, 6) is 1.02. The van der Waals surface area contributed by atoms with Gasteiger partial charge in [0.15, 0.2) is 0 Å². The fourth-order valence-electron chi connectivity index (χ4n) is 2.81. The van der Waals surface area contributed by atoms with E-state index in [1.165, 1.54) is 5.56 Å². The van der Waals surface area contributed by atoms with E-state index in [1.54, 1.807) is 24.3 Å². The smallest absolute Gasteiger partial charge is 0.115 e. The van der Waals surface area contributed by atoms with Crippen LogP contribution in [0.25, 0.3) is 22.3 Å². The molecule has 24 heavy (non-hydrogen) atoms. The summed E-state index contributed by atoms with van der Waals surface area (Å²) in [6, 6.07) is 21.2. The van der Waals surface area contributed by atoms with E-state index in [1.807, 2.05) is 24.3 Å². The van der Waals surface area contributed by atoms with E-state index in [-0.39, 0.29) is 11.5 Å². The summed E-state index contributed by atoms with van der Waals surface area (Å²) in [5.41, 5.74) is 5.73. The van der Waals surface area contributed by atoms with Gasteiger partial charge in [-0.05, 0) is 70.5 Å². The molecule has 3 rings (SSSR count). The highest BCUT2D eigenvalue weighted by atomic mass is 16.3. The molecule has 0 aliphatic heterocycles. The third-order valence-corrected chi connectivity index (χ3v) is 4.54. The Kier molecular flexibility index (Phi) is 4.57. The van der Waals surface area contributed by atoms with E-state index in [9.17, 15) is 10.2 Å². The SMILES string of the molecule is CCC(C)c1cc(-c2ccc(O)cc2)cc(-c2ccc(O)cc2)c1. The van der Waals surface area contributed by atoms with Crippen molar-refractivity contribution in [2.24, 2.45) is 0 Å². The van der Waals surface area contributed by atoms with Crippen molar-refractivity contribution in [3.8, 4) is 33.8 Å². The second-order valence-corrected chi connectivity index (χ2v) is 6.25. The molecule has 0 fully saturated rings. The minimum atomic E-state index is 0.274. The van der Waals surface area contributed by atoms with Crippen molar-refractivity contribution in [1.29, 1.82) is 0 Å². The molecule has 3 aromatic rings.